The van der Waals surface area contributed by atoms with Crippen molar-refractivity contribution in [3.05, 3.63) is 39.4 Å². The number of fused-ring (bicyclic) bond motifs is 2. The third-order valence-electron chi connectivity index (χ3n) is 5.33. The molecule has 2 atom stereocenters. The number of nitro groups is 1. The van der Waals surface area contributed by atoms with E-state index < -0.39 is 4.92 Å². The summed E-state index contributed by atoms with van der Waals surface area (Å²) >= 11 is 0. The normalized spacial score (nSPS) is 28.6. The molecule has 2 unspecified atom stereocenters. The zero-order chi connectivity index (χ0) is 16.6. The lowest BCUT2D eigenvalue weighted by Crippen LogP contribution is -2.53. The third-order valence-corrected chi connectivity index (χ3v) is 5.33. The van der Waals surface area contributed by atoms with Gasteiger partial charge in [-0.15, -0.1) is 12.4 Å². The first-order valence-corrected chi connectivity index (χ1v) is 8.27. The summed E-state index contributed by atoms with van der Waals surface area (Å²) in [5.41, 5.74) is 7.16. The average Bonchev–Trinajstić information content (AvgIpc) is 2.47. The fourth-order valence-electron chi connectivity index (χ4n) is 4.26. The molecule has 3 rings (SSSR count). The Bertz CT molecular complexity index is 624. The van der Waals surface area contributed by atoms with Gasteiger partial charge in [0, 0.05) is 29.3 Å². The summed E-state index contributed by atoms with van der Waals surface area (Å²) in [5, 5.41) is 14.0. The second-order valence-electron chi connectivity index (χ2n) is 6.94. The van der Waals surface area contributed by atoms with Crippen LogP contribution in [0.25, 0.3) is 0 Å². The summed E-state index contributed by atoms with van der Waals surface area (Å²) in [6.07, 6.45) is 5.40. The molecule has 6 nitrogen and oxygen atoms in total. The highest BCUT2D eigenvalue weighted by Crippen LogP contribution is 2.39. The average molecular weight is 354 g/mol. The maximum Gasteiger partial charge on any atom is 0.272 e. The predicted molar refractivity (Wildman–Crippen MR) is 94.4 cm³/mol. The molecule has 2 fully saturated rings. The second kappa shape index (κ2) is 7.49. The number of aryl methyl sites for hydroxylation is 1. The van der Waals surface area contributed by atoms with Crippen LogP contribution in [0.4, 0.5) is 5.69 Å². The Labute approximate surface area is 147 Å². The van der Waals surface area contributed by atoms with Crippen LogP contribution in [0, 0.1) is 28.9 Å². The molecule has 0 aliphatic heterocycles. The highest BCUT2D eigenvalue weighted by Gasteiger charge is 2.40. The zero-order valence-electron chi connectivity index (χ0n) is 13.7. The number of hydrogen-bond donors (Lipinski definition) is 2. The molecule has 24 heavy (non-hydrogen) atoms. The van der Waals surface area contributed by atoms with Gasteiger partial charge in [-0.25, -0.2) is 0 Å². The summed E-state index contributed by atoms with van der Waals surface area (Å²) in [6.45, 7) is 1.66. The smallest absolute Gasteiger partial charge is 0.272 e. The second-order valence-corrected chi connectivity index (χ2v) is 6.94. The number of nitrogens with zero attached hydrogens (tertiary/aromatic N) is 1. The summed E-state index contributed by atoms with van der Waals surface area (Å²) in [7, 11) is 0. The molecule has 0 aromatic heterocycles. The molecule has 0 radical (unpaired) electrons. The Morgan fingerprint density at radius 1 is 1.29 bits per heavy atom. The van der Waals surface area contributed by atoms with Crippen molar-refractivity contribution in [3.63, 3.8) is 0 Å². The Morgan fingerprint density at radius 3 is 2.46 bits per heavy atom. The molecule has 2 aliphatic rings. The van der Waals surface area contributed by atoms with Gasteiger partial charge < -0.3 is 11.1 Å². The first-order chi connectivity index (χ1) is 11.0. The van der Waals surface area contributed by atoms with Gasteiger partial charge in [0.1, 0.15) is 0 Å². The third kappa shape index (κ3) is 3.70. The maximum atomic E-state index is 12.5. The van der Waals surface area contributed by atoms with Crippen molar-refractivity contribution in [2.45, 2.75) is 51.1 Å². The van der Waals surface area contributed by atoms with Gasteiger partial charge in [0.2, 0.25) is 0 Å². The molecule has 1 amide bonds. The van der Waals surface area contributed by atoms with E-state index in [-0.39, 0.29) is 36.1 Å². The van der Waals surface area contributed by atoms with Crippen LogP contribution in [0.5, 0.6) is 0 Å². The van der Waals surface area contributed by atoms with Crippen molar-refractivity contribution in [2.24, 2.45) is 17.6 Å². The Balaban J connectivity index is 0.00000208. The highest BCUT2D eigenvalue weighted by molar-refractivity contribution is 5.95. The van der Waals surface area contributed by atoms with Gasteiger partial charge in [-0.3, -0.25) is 14.9 Å². The van der Waals surface area contributed by atoms with E-state index in [9.17, 15) is 14.9 Å². The number of hydrogen-bond acceptors (Lipinski definition) is 4. The van der Waals surface area contributed by atoms with Gasteiger partial charge in [0.05, 0.1) is 4.92 Å². The van der Waals surface area contributed by atoms with Crippen LogP contribution < -0.4 is 11.1 Å². The number of benzene rings is 1. The fraction of sp³-hybridized carbons (Fsp3) is 0.588. The molecule has 2 saturated carbocycles. The van der Waals surface area contributed by atoms with Crippen molar-refractivity contribution in [1.82, 2.24) is 5.32 Å². The largest absolute Gasteiger partial charge is 0.349 e. The number of carbonyl (C=O) groups excluding carboxylic acids is 1. The van der Waals surface area contributed by atoms with Crippen molar-refractivity contribution in [2.75, 3.05) is 0 Å². The number of carbonyl (C=O) groups is 1. The van der Waals surface area contributed by atoms with Crippen LogP contribution in [0.3, 0.4) is 0 Å². The number of nitro benzene ring substituents is 1. The SMILES string of the molecule is Cc1cc(C(=O)NC2C3CCCC2CC(N)C3)ccc1[N+](=O)[O-].Cl. The minimum Gasteiger partial charge on any atom is -0.349 e. The van der Waals surface area contributed by atoms with Crippen molar-refractivity contribution >= 4 is 24.0 Å². The zero-order valence-corrected chi connectivity index (χ0v) is 14.6. The maximum absolute atomic E-state index is 12.5. The van der Waals surface area contributed by atoms with E-state index in [0.29, 0.717) is 23.0 Å². The minimum atomic E-state index is -0.427. The molecule has 0 saturated heterocycles. The Hall–Kier alpha value is -1.66. The number of rotatable bonds is 3. The van der Waals surface area contributed by atoms with Gasteiger partial charge in [-0.2, -0.15) is 0 Å². The standard InChI is InChI=1S/C17H23N3O3.ClH/c1-10-7-13(5-6-15(10)20(22)23)17(21)19-16-11-3-2-4-12(16)9-14(18)8-11;/h5-7,11-12,14,16H,2-4,8-9,18H2,1H3,(H,19,21);1H. The van der Waals surface area contributed by atoms with Crippen LogP contribution in [-0.2, 0) is 0 Å². The van der Waals surface area contributed by atoms with Crippen LogP contribution in [-0.4, -0.2) is 22.9 Å². The number of amides is 1. The van der Waals surface area contributed by atoms with Crippen LogP contribution in [0.2, 0.25) is 0 Å². The summed E-state index contributed by atoms with van der Waals surface area (Å²) in [5.74, 6) is 0.779. The van der Waals surface area contributed by atoms with E-state index in [1.807, 2.05) is 0 Å². The van der Waals surface area contributed by atoms with E-state index >= 15 is 0 Å². The lowest BCUT2D eigenvalue weighted by molar-refractivity contribution is -0.385. The van der Waals surface area contributed by atoms with E-state index in [0.717, 1.165) is 25.7 Å². The number of nitrogens with one attached hydrogen (secondary N) is 1. The molecular weight excluding hydrogens is 330 g/mol. The van der Waals surface area contributed by atoms with E-state index in [1.165, 1.54) is 18.6 Å². The van der Waals surface area contributed by atoms with Gasteiger partial charge in [0.25, 0.3) is 11.6 Å². The van der Waals surface area contributed by atoms with Crippen molar-refractivity contribution in [1.29, 1.82) is 0 Å². The lowest BCUT2D eigenvalue weighted by atomic mass is 9.67. The highest BCUT2D eigenvalue weighted by atomic mass is 35.5. The molecule has 2 aliphatic carbocycles. The minimum absolute atomic E-state index is 0. The molecule has 1 aromatic rings. The van der Waals surface area contributed by atoms with Crippen LogP contribution >= 0.6 is 12.4 Å². The summed E-state index contributed by atoms with van der Waals surface area (Å²) < 4.78 is 0. The molecule has 7 heteroatoms. The molecule has 2 bridgehead atoms. The number of nitrogens with two attached hydrogens (primary N) is 1. The molecular formula is C17H24ClN3O3. The lowest BCUT2D eigenvalue weighted by Gasteiger charge is -2.45. The quantitative estimate of drug-likeness (QED) is 0.644. The first kappa shape index (κ1) is 18.7. The predicted octanol–water partition coefficient (Wildman–Crippen LogP) is 2.96. The summed E-state index contributed by atoms with van der Waals surface area (Å²) in [4.78, 5) is 23.0. The molecule has 0 spiro atoms. The van der Waals surface area contributed by atoms with E-state index in [4.69, 9.17) is 5.73 Å². The Morgan fingerprint density at radius 2 is 1.92 bits per heavy atom. The fourth-order valence-corrected chi connectivity index (χ4v) is 4.26. The Kier molecular flexibility index (Phi) is 5.83. The van der Waals surface area contributed by atoms with Crippen LogP contribution in [0.15, 0.2) is 18.2 Å². The van der Waals surface area contributed by atoms with Crippen LogP contribution in [0.1, 0.15) is 48.0 Å². The van der Waals surface area contributed by atoms with E-state index in [2.05, 4.69) is 5.32 Å². The van der Waals surface area contributed by atoms with Gasteiger partial charge >= 0.3 is 0 Å². The molecule has 3 N–H and O–H groups in total. The molecule has 132 valence electrons. The monoisotopic (exact) mass is 353 g/mol. The molecule has 1 aromatic carbocycles. The topological polar surface area (TPSA) is 98.3 Å². The van der Waals surface area contributed by atoms with Gasteiger partial charge in [-0.05, 0) is 56.6 Å². The first-order valence-electron chi connectivity index (χ1n) is 8.27. The summed E-state index contributed by atoms with van der Waals surface area (Å²) in [6, 6.07) is 4.97. The number of halogens is 1. The van der Waals surface area contributed by atoms with E-state index in [1.54, 1.807) is 13.0 Å². The van der Waals surface area contributed by atoms with Gasteiger partial charge in [0.15, 0.2) is 0 Å². The van der Waals surface area contributed by atoms with Crippen molar-refractivity contribution in [3.8, 4) is 0 Å². The molecule has 0 heterocycles. The van der Waals surface area contributed by atoms with Gasteiger partial charge in [-0.1, -0.05) is 6.42 Å². The van der Waals surface area contributed by atoms with Crippen molar-refractivity contribution < 1.29 is 9.72 Å².